The van der Waals surface area contributed by atoms with Crippen LogP contribution in [0.4, 0.5) is 5.69 Å². The zero-order chi connectivity index (χ0) is 13.1. The highest BCUT2D eigenvalue weighted by Crippen LogP contribution is 2.21. The van der Waals surface area contributed by atoms with Crippen LogP contribution >= 0.6 is 11.6 Å². The molecule has 5 nitrogen and oxygen atoms in total. The summed E-state index contributed by atoms with van der Waals surface area (Å²) >= 11 is 6.01. The SMILES string of the molecule is Nc1ccc(C(=O)N2CCN(C=O)CC2)c(Cl)c1. The Kier molecular flexibility index (Phi) is 3.72. The monoisotopic (exact) mass is 267 g/mol. The first kappa shape index (κ1) is 12.7. The highest BCUT2D eigenvalue weighted by molar-refractivity contribution is 6.34. The predicted molar refractivity (Wildman–Crippen MR) is 69.4 cm³/mol. The second-order valence-electron chi connectivity index (χ2n) is 4.17. The number of hydrogen-bond acceptors (Lipinski definition) is 3. The smallest absolute Gasteiger partial charge is 0.255 e. The molecule has 2 rings (SSSR count). The topological polar surface area (TPSA) is 66.6 Å². The molecule has 2 N–H and O–H groups in total. The first-order valence-electron chi connectivity index (χ1n) is 5.65. The molecule has 0 radical (unpaired) electrons. The first-order valence-corrected chi connectivity index (χ1v) is 6.03. The van der Waals surface area contributed by atoms with E-state index in [1.165, 1.54) is 0 Å². The third kappa shape index (κ3) is 2.56. The Bertz CT molecular complexity index is 470. The van der Waals surface area contributed by atoms with Crippen molar-refractivity contribution in [1.82, 2.24) is 9.80 Å². The van der Waals surface area contributed by atoms with Gasteiger partial charge in [-0.05, 0) is 18.2 Å². The Morgan fingerprint density at radius 3 is 2.50 bits per heavy atom. The molecule has 2 amide bonds. The Morgan fingerprint density at radius 1 is 1.28 bits per heavy atom. The number of anilines is 1. The minimum Gasteiger partial charge on any atom is -0.399 e. The molecule has 0 spiro atoms. The van der Waals surface area contributed by atoms with E-state index in [0.717, 1.165) is 6.41 Å². The number of carbonyl (C=O) groups is 2. The molecular formula is C12H14ClN3O2. The van der Waals surface area contributed by atoms with Crippen molar-refractivity contribution >= 4 is 29.6 Å². The van der Waals surface area contributed by atoms with Gasteiger partial charge in [0.2, 0.25) is 6.41 Å². The third-order valence-corrected chi connectivity index (χ3v) is 3.29. The minimum absolute atomic E-state index is 0.120. The van der Waals surface area contributed by atoms with E-state index in [4.69, 9.17) is 17.3 Å². The number of halogens is 1. The van der Waals surface area contributed by atoms with E-state index < -0.39 is 0 Å². The van der Waals surface area contributed by atoms with Gasteiger partial charge >= 0.3 is 0 Å². The summed E-state index contributed by atoms with van der Waals surface area (Å²) in [4.78, 5) is 26.1. The number of nitrogens with two attached hydrogens (primary N) is 1. The second kappa shape index (κ2) is 5.27. The number of nitrogens with zero attached hydrogens (tertiary/aromatic N) is 2. The van der Waals surface area contributed by atoms with Crippen molar-refractivity contribution in [2.45, 2.75) is 0 Å². The highest BCUT2D eigenvalue weighted by atomic mass is 35.5. The van der Waals surface area contributed by atoms with E-state index in [-0.39, 0.29) is 5.91 Å². The van der Waals surface area contributed by atoms with E-state index in [0.29, 0.717) is 42.5 Å². The van der Waals surface area contributed by atoms with Gasteiger partial charge in [0.05, 0.1) is 10.6 Å². The van der Waals surface area contributed by atoms with Crippen LogP contribution in [0.5, 0.6) is 0 Å². The van der Waals surface area contributed by atoms with Crippen molar-refractivity contribution in [3.63, 3.8) is 0 Å². The van der Waals surface area contributed by atoms with Crippen LogP contribution in [0.25, 0.3) is 0 Å². The van der Waals surface area contributed by atoms with Crippen molar-refractivity contribution in [2.75, 3.05) is 31.9 Å². The van der Waals surface area contributed by atoms with Crippen molar-refractivity contribution < 1.29 is 9.59 Å². The number of benzene rings is 1. The molecule has 1 saturated heterocycles. The summed E-state index contributed by atoms with van der Waals surface area (Å²) in [6.07, 6.45) is 0.804. The summed E-state index contributed by atoms with van der Waals surface area (Å²) in [7, 11) is 0. The normalized spacial score (nSPS) is 15.6. The van der Waals surface area contributed by atoms with E-state index in [1.54, 1.807) is 28.0 Å². The van der Waals surface area contributed by atoms with Gasteiger partial charge in [-0.1, -0.05) is 11.6 Å². The van der Waals surface area contributed by atoms with Gasteiger partial charge in [-0.15, -0.1) is 0 Å². The van der Waals surface area contributed by atoms with Crippen LogP contribution in [-0.4, -0.2) is 48.3 Å². The zero-order valence-corrected chi connectivity index (χ0v) is 10.6. The molecule has 1 fully saturated rings. The Morgan fingerprint density at radius 2 is 1.94 bits per heavy atom. The maximum Gasteiger partial charge on any atom is 0.255 e. The van der Waals surface area contributed by atoms with Crippen LogP contribution in [0.2, 0.25) is 5.02 Å². The second-order valence-corrected chi connectivity index (χ2v) is 4.58. The molecule has 1 aliphatic rings. The quantitative estimate of drug-likeness (QED) is 0.638. The van der Waals surface area contributed by atoms with Crippen molar-refractivity contribution in [2.24, 2.45) is 0 Å². The summed E-state index contributed by atoms with van der Waals surface area (Å²) in [6, 6.07) is 4.85. The van der Waals surface area contributed by atoms with Crippen molar-refractivity contribution in [1.29, 1.82) is 0 Å². The molecule has 0 bridgehead atoms. The summed E-state index contributed by atoms with van der Waals surface area (Å²) in [6.45, 7) is 2.17. The lowest BCUT2D eigenvalue weighted by molar-refractivity contribution is -0.119. The minimum atomic E-state index is -0.120. The van der Waals surface area contributed by atoms with E-state index in [9.17, 15) is 9.59 Å². The lowest BCUT2D eigenvalue weighted by atomic mass is 10.1. The fourth-order valence-electron chi connectivity index (χ4n) is 1.91. The summed E-state index contributed by atoms with van der Waals surface area (Å²) in [5.41, 5.74) is 6.57. The highest BCUT2D eigenvalue weighted by Gasteiger charge is 2.22. The number of carbonyl (C=O) groups excluding carboxylic acids is 2. The van der Waals surface area contributed by atoms with Crippen LogP contribution < -0.4 is 5.73 Å². The predicted octanol–water partition coefficient (Wildman–Crippen LogP) is 0.836. The maximum absolute atomic E-state index is 12.2. The van der Waals surface area contributed by atoms with Crippen LogP contribution in [0, 0.1) is 0 Å². The molecule has 18 heavy (non-hydrogen) atoms. The van der Waals surface area contributed by atoms with Crippen LogP contribution in [0.15, 0.2) is 18.2 Å². The lowest BCUT2D eigenvalue weighted by Crippen LogP contribution is -2.48. The van der Waals surface area contributed by atoms with Gasteiger partial charge in [0.1, 0.15) is 0 Å². The molecule has 1 aliphatic heterocycles. The van der Waals surface area contributed by atoms with E-state index in [1.807, 2.05) is 0 Å². The van der Waals surface area contributed by atoms with Gasteiger partial charge in [-0.25, -0.2) is 0 Å². The molecule has 96 valence electrons. The molecule has 1 heterocycles. The Hall–Kier alpha value is -1.75. The summed E-state index contributed by atoms with van der Waals surface area (Å²) in [5, 5.41) is 0.359. The van der Waals surface area contributed by atoms with Crippen LogP contribution in [0.1, 0.15) is 10.4 Å². The van der Waals surface area contributed by atoms with Crippen LogP contribution in [-0.2, 0) is 4.79 Å². The van der Waals surface area contributed by atoms with Gasteiger partial charge in [0.15, 0.2) is 0 Å². The van der Waals surface area contributed by atoms with Crippen molar-refractivity contribution in [3.05, 3.63) is 28.8 Å². The fraction of sp³-hybridized carbons (Fsp3) is 0.333. The van der Waals surface area contributed by atoms with E-state index in [2.05, 4.69) is 0 Å². The number of amides is 2. The molecule has 0 saturated carbocycles. The molecular weight excluding hydrogens is 254 g/mol. The van der Waals surface area contributed by atoms with Gasteiger partial charge in [-0.2, -0.15) is 0 Å². The molecule has 6 heteroatoms. The number of hydrogen-bond donors (Lipinski definition) is 1. The number of nitrogen functional groups attached to an aromatic ring is 1. The molecule has 0 unspecified atom stereocenters. The van der Waals surface area contributed by atoms with E-state index >= 15 is 0 Å². The summed E-state index contributed by atoms with van der Waals surface area (Å²) < 4.78 is 0. The lowest BCUT2D eigenvalue weighted by Gasteiger charge is -2.32. The third-order valence-electron chi connectivity index (χ3n) is 2.97. The van der Waals surface area contributed by atoms with Crippen molar-refractivity contribution in [3.8, 4) is 0 Å². The standard InChI is InChI=1S/C12H14ClN3O2/c13-11-7-9(14)1-2-10(11)12(18)16-5-3-15(8-17)4-6-16/h1-2,7-8H,3-6,14H2. The largest absolute Gasteiger partial charge is 0.399 e. The Labute approximate surface area is 110 Å². The summed E-state index contributed by atoms with van der Waals surface area (Å²) in [5.74, 6) is -0.120. The number of rotatable bonds is 2. The fourth-order valence-corrected chi connectivity index (χ4v) is 2.18. The molecule has 0 aliphatic carbocycles. The van der Waals surface area contributed by atoms with Gasteiger partial charge in [0.25, 0.3) is 5.91 Å². The average molecular weight is 268 g/mol. The molecule has 0 aromatic heterocycles. The first-order chi connectivity index (χ1) is 8.61. The zero-order valence-electron chi connectivity index (χ0n) is 9.80. The molecule has 1 aromatic rings. The van der Waals surface area contributed by atoms with Crippen LogP contribution in [0.3, 0.4) is 0 Å². The maximum atomic E-state index is 12.2. The average Bonchev–Trinajstić information content (AvgIpc) is 2.38. The van der Waals surface area contributed by atoms with Gasteiger partial charge in [-0.3, -0.25) is 9.59 Å². The number of piperazine rings is 1. The van der Waals surface area contributed by atoms with Gasteiger partial charge < -0.3 is 15.5 Å². The Balaban J connectivity index is 2.10. The van der Waals surface area contributed by atoms with Gasteiger partial charge in [0, 0.05) is 31.9 Å². The molecule has 0 atom stereocenters. The molecule has 1 aromatic carbocycles.